The molecule has 254 valence electrons. The molecule has 0 aromatic heterocycles. The van der Waals surface area contributed by atoms with Crippen molar-refractivity contribution in [3.63, 3.8) is 0 Å². The van der Waals surface area contributed by atoms with Crippen molar-refractivity contribution < 1.29 is 47.6 Å². The largest absolute Gasteiger partial charge is 0.494 e. The highest BCUT2D eigenvalue weighted by Crippen LogP contribution is 2.23. The standard InChI is InChI=1S/C40H34O10/c1-3-45-32-18-10-29(11-19-32)38(42)48-34-22-14-28(15-23-34)37(41)47-26-36(27-8-6-5-7-9-27)50-40(44)31-16-24-35(25-17-31)49-39(43)30-12-20-33(21-13-30)46-4-2/h5-25,36H,3-4,26H2,1-2H3. The number of hydrogen-bond donors (Lipinski definition) is 0. The molecule has 0 N–H and O–H groups in total. The summed E-state index contributed by atoms with van der Waals surface area (Å²) in [5, 5.41) is 0. The second-order valence-electron chi connectivity index (χ2n) is 10.6. The van der Waals surface area contributed by atoms with E-state index in [1.54, 1.807) is 72.8 Å². The van der Waals surface area contributed by atoms with E-state index >= 15 is 0 Å². The van der Waals surface area contributed by atoms with Gasteiger partial charge in [0.15, 0.2) is 6.10 Å². The number of esters is 4. The predicted molar refractivity (Wildman–Crippen MR) is 183 cm³/mol. The second kappa shape index (κ2) is 17.1. The first-order chi connectivity index (χ1) is 24.3. The molecule has 0 heterocycles. The Hall–Kier alpha value is -6.42. The Morgan fingerprint density at radius 2 is 0.840 bits per heavy atom. The fourth-order valence-electron chi connectivity index (χ4n) is 4.66. The zero-order valence-electron chi connectivity index (χ0n) is 27.4. The number of hydrogen-bond acceptors (Lipinski definition) is 10. The number of carbonyl (C=O) groups excluding carboxylic acids is 4. The van der Waals surface area contributed by atoms with Gasteiger partial charge in [-0.2, -0.15) is 0 Å². The number of rotatable bonds is 14. The summed E-state index contributed by atoms with van der Waals surface area (Å²) in [5.74, 6) is -0.677. The van der Waals surface area contributed by atoms with Crippen molar-refractivity contribution in [3.05, 3.63) is 155 Å². The van der Waals surface area contributed by atoms with Crippen molar-refractivity contribution in [1.82, 2.24) is 0 Å². The third-order valence-corrected chi connectivity index (χ3v) is 7.19. The van der Waals surface area contributed by atoms with Gasteiger partial charge in [0.2, 0.25) is 0 Å². The van der Waals surface area contributed by atoms with Gasteiger partial charge in [0.25, 0.3) is 0 Å². The molecule has 10 heteroatoms. The number of ether oxygens (including phenoxy) is 6. The van der Waals surface area contributed by atoms with E-state index in [9.17, 15) is 19.2 Å². The third kappa shape index (κ3) is 9.57. The Morgan fingerprint density at radius 3 is 1.26 bits per heavy atom. The van der Waals surface area contributed by atoms with Crippen molar-refractivity contribution in [2.75, 3.05) is 19.8 Å². The van der Waals surface area contributed by atoms with Gasteiger partial charge < -0.3 is 28.4 Å². The van der Waals surface area contributed by atoms with Crippen molar-refractivity contribution in [1.29, 1.82) is 0 Å². The maximum absolute atomic E-state index is 13.1. The monoisotopic (exact) mass is 674 g/mol. The van der Waals surface area contributed by atoms with E-state index in [0.717, 1.165) is 0 Å². The van der Waals surface area contributed by atoms with Gasteiger partial charge in [-0.1, -0.05) is 30.3 Å². The predicted octanol–water partition coefficient (Wildman–Crippen LogP) is 7.68. The SMILES string of the molecule is CCOc1ccc(C(=O)Oc2ccc(C(=O)OCC(OC(=O)c3ccc(OC(=O)c4ccc(OCC)cc4)cc3)c3ccccc3)cc2)cc1. The fraction of sp³-hybridized carbons (Fsp3) is 0.150. The molecule has 5 rings (SSSR count). The van der Waals surface area contributed by atoms with Gasteiger partial charge in [0.05, 0.1) is 35.5 Å². The highest BCUT2D eigenvalue weighted by Gasteiger charge is 2.21. The molecular weight excluding hydrogens is 640 g/mol. The summed E-state index contributed by atoms with van der Waals surface area (Å²) < 4.78 is 32.9. The Kier molecular flexibility index (Phi) is 11.9. The van der Waals surface area contributed by atoms with Gasteiger partial charge >= 0.3 is 23.9 Å². The maximum atomic E-state index is 13.1. The van der Waals surface area contributed by atoms with Gasteiger partial charge in [-0.3, -0.25) is 0 Å². The number of carbonyl (C=O) groups is 4. The fourth-order valence-corrected chi connectivity index (χ4v) is 4.66. The lowest BCUT2D eigenvalue weighted by Gasteiger charge is -2.18. The molecule has 50 heavy (non-hydrogen) atoms. The number of benzene rings is 5. The summed E-state index contributed by atoms with van der Waals surface area (Å²) in [6.07, 6.45) is -0.917. The van der Waals surface area contributed by atoms with Crippen LogP contribution in [-0.4, -0.2) is 43.7 Å². The Balaban J connectivity index is 1.16. The van der Waals surface area contributed by atoms with E-state index in [-0.39, 0.29) is 29.2 Å². The summed E-state index contributed by atoms with van der Waals surface area (Å²) in [5.41, 5.74) is 1.72. The Bertz CT molecular complexity index is 1880. The first-order valence-electron chi connectivity index (χ1n) is 15.9. The zero-order chi connectivity index (χ0) is 35.3. The minimum absolute atomic E-state index is 0.202. The van der Waals surface area contributed by atoms with Crippen molar-refractivity contribution in [2.24, 2.45) is 0 Å². The van der Waals surface area contributed by atoms with Gasteiger partial charge in [-0.15, -0.1) is 0 Å². The van der Waals surface area contributed by atoms with Crippen LogP contribution in [0.25, 0.3) is 0 Å². The Labute approximate surface area is 289 Å². The van der Waals surface area contributed by atoms with E-state index in [1.807, 2.05) is 19.9 Å². The van der Waals surface area contributed by atoms with Gasteiger partial charge in [-0.25, -0.2) is 19.2 Å². The van der Waals surface area contributed by atoms with Crippen molar-refractivity contribution in [2.45, 2.75) is 20.0 Å². The Morgan fingerprint density at radius 1 is 0.460 bits per heavy atom. The highest BCUT2D eigenvalue weighted by molar-refractivity contribution is 5.93. The summed E-state index contributed by atoms with van der Waals surface area (Å²) in [4.78, 5) is 51.1. The first-order valence-corrected chi connectivity index (χ1v) is 15.9. The maximum Gasteiger partial charge on any atom is 0.343 e. The summed E-state index contributed by atoms with van der Waals surface area (Å²) in [7, 11) is 0. The van der Waals surface area contributed by atoms with E-state index < -0.39 is 30.0 Å². The minimum atomic E-state index is -0.917. The molecule has 0 saturated carbocycles. The van der Waals surface area contributed by atoms with Crippen LogP contribution in [0.1, 0.15) is 66.9 Å². The molecule has 0 bridgehead atoms. The lowest BCUT2D eigenvalue weighted by molar-refractivity contribution is -0.00134. The molecule has 5 aromatic rings. The molecule has 0 saturated heterocycles. The average molecular weight is 675 g/mol. The quantitative estimate of drug-likeness (QED) is 0.0856. The van der Waals surface area contributed by atoms with Crippen molar-refractivity contribution >= 4 is 23.9 Å². The molecule has 0 radical (unpaired) electrons. The van der Waals surface area contributed by atoms with Crippen LogP contribution in [0.15, 0.2) is 127 Å². The molecule has 0 fully saturated rings. The van der Waals surface area contributed by atoms with E-state index in [0.29, 0.717) is 41.4 Å². The molecule has 0 amide bonds. The molecular formula is C40H34O10. The molecule has 10 nitrogen and oxygen atoms in total. The summed E-state index contributed by atoms with van der Waals surface area (Å²) in [6, 6.07) is 33.8. The second-order valence-corrected chi connectivity index (χ2v) is 10.6. The van der Waals surface area contributed by atoms with Crippen molar-refractivity contribution in [3.8, 4) is 23.0 Å². The van der Waals surface area contributed by atoms with Crippen LogP contribution in [0.5, 0.6) is 23.0 Å². The highest BCUT2D eigenvalue weighted by atomic mass is 16.6. The normalized spacial score (nSPS) is 11.1. The van der Waals surface area contributed by atoms with Crippen LogP contribution in [0, 0.1) is 0 Å². The van der Waals surface area contributed by atoms with Crippen LogP contribution < -0.4 is 18.9 Å². The first kappa shape index (κ1) is 34.9. The van der Waals surface area contributed by atoms with E-state index in [2.05, 4.69) is 0 Å². The topological polar surface area (TPSA) is 124 Å². The molecule has 0 aliphatic heterocycles. The minimum Gasteiger partial charge on any atom is -0.494 e. The van der Waals surface area contributed by atoms with Crippen LogP contribution in [0.2, 0.25) is 0 Å². The van der Waals surface area contributed by atoms with Gasteiger partial charge in [-0.05, 0) is 116 Å². The molecule has 1 unspecified atom stereocenters. The lowest BCUT2D eigenvalue weighted by atomic mass is 10.1. The van der Waals surface area contributed by atoms with Gasteiger partial charge in [0, 0.05) is 0 Å². The molecule has 1 atom stereocenters. The van der Waals surface area contributed by atoms with Crippen LogP contribution in [-0.2, 0) is 9.47 Å². The van der Waals surface area contributed by atoms with E-state index in [1.165, 1.54) is 48.5 Å². The summed E-state index contributed by atoms with van der Waals surface area (Å²) in [6.45, 7) is 4.50. The van der Waals surface area contributed by atoms with Crippen LogP contribution >= 0.6 is 0 Å². The molecule has 0 aliphatic carbocycles. The smallest absolute Gasteiger partial charge is 0.343 e. The van der Waals surface area contributed by atoms with Crippen LogP contribution in [0.3, 0.4) is 0 Å². The lowest BCUT2D eigenvalue weighted by Crippen LogP contribution is -2.19. The average Bonchev–Trinajstić information content (AvgIpc) is 3.15. The van der Waals surface area contributed by atoms with Crippen LogP contribution in [0.4, 0.5) is 0 Å². The zero-order valence-corrected chi connectivity index (χ0v) is 27.4. The van der Waals surface area contributed by atoms with E-state index in [4.69, 9.17) is 28.4 Å². The van der Waals surface area contributed by atoms with Gasteiger partial charge in [0.1, 0.15) is 29.6 Å². The third-order valence-electron chi connectivity index (χ3n) is 7.19. The molecule has 0 spiro atoms. The molecule has 0 aliphatic rings. The summed E-state index contributed by atoms with van der Waals surface area (Å²) >= 11 is 0. The molecule has 5 aromatic carbocycles.